The highest BCUT2D eigenvalue weighted by molar-refractivity contribution is 5.95. The average molecular weight is 373 g/mol. The predicted molar refractivity (Wildman–Crippen MR) is 96.7 cm³/mol. The molecule has 1 aromatic carbocycles. The van der Waals surface area contributed by atoms with Gasteiger partial charge in [0.25, 0.3) is 11.8 Å². The summed E-state index contributed by atoms with van der Waals surface area (Å²) >= 11 is 0. The Bertz CT molecular complexity index is 831. The Kier molecular flexibility index (Phi) is 5.63. The quantitative estimate of drug-likeness (QED) is 0.801. The van der Waals surface area contributed by atoms with Crippen LogP contribution in [0.25, 0.3) is 0 Å². The molecular formula is C19H23N3O5. The summed E-state index contributed by atoms with van der Waals surface area (Å²) in [4.78, 5) is 26.5. The summed E-state index contributed by atoms with van der Waals surface area (Å²) < 4.78 is 15.9. The van der Waals surface area contributed by atoms with Crippen LogP contribution in [0.15, 0.2) is 28.8 Å². The van der Waals surface area contributed by atoms with E-state index in [9.17, 15) is 9.59 Å². The van der Waals surface area contributed by atoms with Crippen LogP contribution in [0.1, 0.15) is 47.4 Å². The Balaban J connectivity index is 1.77. The summed E-state index contributed by atoms with van der Waals surface area (Å²) in [6, 6.07) is 6.68. The van der Waals surface area contributed by atoms with E-state index in [-0.39, 0.29) is 36.8 Å². The lowest BCUT2D eigenvalue weighted by Crippen LogP contribution is -2.33. The van der Waals surface area contributed by atoms with Gasteiger partial charge in [-0.1, -0.05) is 19.0 Å². The van der Waals surface area contributed by atoms with Gasteiger partial charge in [-0.15, -0.1) is 0 Å². The van der Waals surface area contributed by atoms with Crippen LogP contribution in [0.2, 0.25) is 0 Å². The Morgan fingerprint density at radius 3 is 2.74 bits per heavy atom. The van der Waals surface area contributed by atoms with Crippen LogP contribution in [-0.2, 0) is 6.54 Å². The first-order valence-corrected chi connectivity index (χ1v) is 8.90. The molecule has 1 N–H and O–H groups in total. The molecule has 2 aromatic rings. The van der Waals surface area contributed by atoms with Gasteiger partial charge in [0.2, 0.25) is 6.79 Å². The van der Waals surface area contributed by atoms with Gasteiger partial charge in [0.15, 0.2) is 23.0 Å². The molecule has 2 amide bonds. The van der Waals surface area contributed by atoms with E-state index in [0.29, 0.717) is 35.9 Å². The normalized spacial score (nSPS) is 12.3. The Morgan fingerprint density at radius 1 is 1.22 bits per heavy atom. The van der Waals surface area contributed by atoms with Gasteiger partial charge >= 0.3 is 0 Å². The number of amides is 2. The fraction of sp³-hybridized carbons (Fsp3) is 0.421. The van der Waals surface area contributed by atoms with Gasteiger partial charge in [0.1, 0.15) is 0 Å². The molecule has 8 nitrogen and oxygen atoms in total. The van der Waals surface area contributed by atoms with E-state index in [1.807, 2.05) is 20.8 Å². The average Bonchev–Trinajstić information content (AvgIpc) is 3.29. The van der Waals surface area contributed by atoms with Crippen molar-refractivity contribution in [2.24, 2.45) is 5.92 Å². The van der Waals surface area contributed by atoms with Gasteiger partial charge in [-0.3, -0.25) is 9.59 Å². The topological polar surface area (TPSA) is 93.9 Å². The maximum absolute atomic E-state index is 13.0. The molecule has 0 fully saturated rings. The maximum atomic E-state index is 13.0. The molecule has 1 aliphatic rings. The zero-order valence-corrected chi connectivity index (χ0v) is 15.7. The highest BCUT2D eigenvalue weighted by Gasteiger charge is 2.23. The van der Waals surface area contributed by atoms with Gasteiger partial charge in [-0.2, -0.15) is 0 Å². The molecule has 8 heteroatoms. The molecule has 144 valence electrons. The van der Waals surface area contributed by atoms with Crippen LogP contribution < -0.4 is 14.8 Å². The molecule has 2 heterocycles. The van der Waals surface area contributed by atoms with Crippen LogP contribution in [0, 0.1) is 5.92 Å². The molecule has 1 aliphatic heterocycles. The third-order valence-electron chi connectivity index (χ3n) is 3.97. The first-order valence-electron chi connectivity index (χ1n) is 8.90. The van der Waals surface area contributed by atoms with Gasteiger partial charge in [-0.05, 0) is 31.0 Å². The minimum Gasteiger partial charge on any atom is -0.454 e. The number of ether oxygens (including phenoxy) is 2. The number of nitrogens with zero attached hydrogens (tertiary/aromatic N) is 2. The first kappa shape index (κ1) is 18.8. The molecule has 3 rings (SSSR count). The molecule has 0 aliphatic carbocycles. The van der Waals surface area contributed by atoms with E-state index >= 15 is 0 Å². The summed E-state index contributed by atoms with van der Waals surface area (Å²) in [6.45, 7) is 7.29. The van der Waals surface area contributed by atoms with Gasteiger partial charge < -0.3 is 24.2 Å². The van der Waals surface area contributed by atoms with Crippen molar-refractivity contribution in [1.82, 2.24) is 15.4 Å². The lowest BCUT2D eigenvalue weighted by atomic mass is 10.1. The SMILES string of the molecule is CCNC(=O)c1cc(CN(CC(C)C)C(=O)c2ccc3c(c2)OCO3)on1. The second-order valence-corrected chi connectivity index (χ2v) is 6.69. The molecule has 0 spiro atoms. The summed E-state index contributed by atoms with van der Waals surface area (Å²) in [5.74, 6) is 1.44. The summed E-state index contributed by atoms with van der Waals surface area (Å²) in [7, 11) is 0. The van der Waals surface area contributed by atoms with Crippen molar-refractivity contribution in [3.05, 3.63) is 41.3 Å². The second kappa shape index (κ2) is 8.11. The first-order chi connectivity index (χ1) is 13.0. The smallest absolute Gasteiger partial charge is 0.273 e. The van der Waals surface area contributed by atoms with Crippen LogP contribution >= 0.6 is 0 Å². The largest absolute Gasteiger partial charge is 0.454 e. The van der Waals surface area contributed by atoms with Crippen LogP contribution in [0.5, 0.6) is 11.5 Å². The number of aromatic nitrogens is 1. The van der Waals surface area contributed by atoms with E-state index in [2.05, 4.69) is 10.5 Å². The number of nitrogens with one attached hydrogen (secondary N) is 1. The third-order valence-corrected chi connectivity index (χ3v) is 3.97. The lowest BCUT2D eigenvalue weighted by Gasteiger charge is -2.23. The second-order valence-electron chi connectivity index (χ2n) is 6.69. The minimum atomic E-state index is -0.301. The summed E-state index contributed by atoms with van der Waals surface area (Å²) in [5, 5.41) is 6.45. The Morgan fingerprint density at radius 2 is 2.00 bits per heavy atom. The zero-order valence-electron chi connectivity index (χ0n) is 15.7. The third kappa shape index (κ3) is 4.39. The monoisotopic (exact) mass is 373 g/mol. The molecule has 0 saturated carbocycles. The van der Waals surface area contributed by atoms with Gasteiger partial charge in [0.05, 0.1) is 6.54 Å². The highest BCUT2D eigenvalue weighted by atomic mass is 16.7. The van der Waals surface area contributed by atoms with Crippen molar-refractivity contribution in [2.75, 3.05) is 19.9 Å². The fourth-order valence-corrected chi connectivity index (χ4v) is 2.81. The highest BCUT2D eigenvalue weighted by Crippen LogP contribution is 2.33. The van der Waals surface area contributed by atoms with Crippen molar-refractivity contribution in [3.8, 4) is 11.5 Å². The zero-order chi connectivity index (χ0) is 19.4. The number of hydrogen-bond acceptors (Lipinski definition) is 6. The maximum Gasteiger partial charge on any atom is 0.273 e. The van der Waals surface area contributed by atoms with Gasteiger partial charge in [0, 0.05) is 24.7 Å². The summed E-state index contributed by atoms with van der Waals surface area (Å²) in [5.41, 5.74) is 0.704. The van der Waals surface area contributed by atoms with E-state index in [1.54, 1.807) is 29.2 Å². The van der Waals surface area contributed by atoms with E-state index < -0.39 is 0 Å². The van der Waals surface area contributed by atoms with Crippen LogP contribution in [0.4, 0.5) is 0 Å². The Labute approximate surface area is 157 Å². The molecule has 1 aromatic heterocycles. The fourth-order valence-electron chi connectivity index (χ4n) is 2.81. The number of rotatable bonds is 7. The minimum absolute atomic E-state index is 0.155. The van der Waals surface area contributed by atoms with Crippen molar-refractivity contribution >= 4 is 11.8 Å². The van der Waals surface area contributed by atoms with Crippen molar-refractivity contribution in [2.45, 2.75) is 27.3 Å². The molecule has 0 saturated heterocycles. The number of carbonyl (C=O) groups excluding carboxylic acids is 2. The molecular weight excluding hydrogens is 350 g/mol. The molecule has 0 atom stereocenters. The number of fused-ring (bicyclic) bond motifs is 1. The lowest BCUT2D eigenvalue weighted by molar-refractivity contribution is 0.0705. The summed E-state index contributed by atoms with van der Waals surface area (Å²) in [6.07, 6.45) is 0. The Hall–Kier alpha value is -3.03. The van der Waals surface area contributed by atoms with E-state index in [1.165, 1.54) is 0 Å². The van der Waals surface area contributed by atoms with Crippen molar-refractivity contribution in [3.63, 3.8) is 0 Å². The van der Waals surface area contributed by atoms with Gasteiger partial charge in [-0.25, -0.2) is 0 Å². The molecule has 0 radical (unpaired) electrons. The predicted octanol–water partition coefficient (Wildman–Crippen LogP) is 2.45. The standard InChI is InChI=1S/C19H23N3O5/c1-4-20-18(23)15-8-14(27-21-15)10-22(9-12(2)3)19(24)13-5-6-16-17(7-13)26-11-25-16/h5-8,12H,4,9-11H2,1-3H3,(H,20,23). The van der Waals surface area contributed by atoms with Crippen molar-refractivity contribution in [1.29, 1.82) is 0 Å². The van der Waals surface area contributed by atoms with Crippen molar-refractivity contribution < 1.29 is 23.6 Å². The van der Waals surface area contributed by atoms with Crippen LogP contribution in [0.3, 0.4) is 0 Å². The number of carbonyl (C=O) groups is 2. The molecule has 0 bridgehead atoms. The van der Waals surface area contributed by atoms with Crippen LogP contribution in [-0.4, -0.2) is 41.8 Å². The number of hydrogen-bond donors (Lipinski definition) is 1. The molecule has 0 unspecified atom stereocenters. The molecule has 27 heavy (non-hydrogen) atoms. The number of benzene rings is 1. The van der Waals surface area contributed by atoms with E-state index in [4.69, 9.17) is 14.0 Å². The van der Waals surface area contributed by atoms with E-state index in [0.717, 1.165) is 0 Å².